The summed E-state index contributed by atoms with van der Waals surface area (Å²) in [5.41, 5.74) is 1.37. The van der Waals surface area contributed by atoms with Gasteiger partial charge in [-0.3, -0.25) is 13.9 Å². The van der Waals surface area contributed by atoms with E-state index in [4.69, 9.17) is 0 Å². The minimum atomic E-state index is -3.12. The van der Waals surface area contributed by atoms with Gasteiger partial charge in [-0.15, -0.1) is 0 Å². The second-order valence-corrected chi connectivity index (χ2v) is 7.03. The quantitative estimate of drug-likeness (QED) is 0.653. The van der Waals surface area contributed by atoms with Gasteiger partial charge in [0, 0.05) is 11.9 Å². The van der Waals surface area contributed by atoms with Gasteiger partial charge in [0.05, 0.1) is 10.5 Å². The Kier molecular flexibility index (Phi) is 4.01. The van der Waals surface area contributed by atoms with Gasteiger partial charge in [-0.2, -0.15) is 0 Å². The van der Waals surface area contributed by atoms with Gasteiger partial charge >= 0.3 is 0 Å². The summed E-state index contributed by atoms with van der Waals surface area (Å²) in [4.78, 5) is 12.5. The summed E-state index contributed by atoms with van der Waals surface area (Å²) in [6, 6.07) is 5.15. The number of fused-ring (bicyclic) bond motifs is 1. The summed E-state index contributed by atoms with van der Waals surface area (Å²) in [5, 5.41) is 0.847. The van der Waals surface area contributed by atoms with Gasteiger partial charge in [0.1, 0.15) is 0 Å². The van der Waals surface area contributed by atoms with Gasteiger partial charge < -0.3 is 0 Å². The summed E-state index contributed by atoms with van der Waals surface area (Å²) in [6.45, 7) is 2.26. The van der Waals surface area contributed by atoms with E-state index in [1.807, 2.05) is 6.92 Å². The number of amides is 1. The molecular formula is C12H16BrNO3S. The average Bonchev–Trinajstić information content (AvgIpc) is 2.50. The molecule has 0 bridgehead atoms. The molecule has 4 nitrogen and oxygen atoms in total. The van der Waals surface area contributed by atoms with Crippen molar-refractivity contribution in [2.75, 3.05) is 11.9 Å². The molecule has 2 rings (SSSR count). The molecule has 0 saturated carbocycles. The van der Waals surface area contributed by atoms with Crippen molar-refractivity contribution in [1.29, 1.82) is 0 Å². The highest BCUT2D eigenvalue weighted by atomic mass is 79.9. The lowest BCUT2D eigenvalue weighted by Gasteiger charge is -2.36. The van der Waals surface area contributed by atoms with E-state index in [0.717, 1.165) is 23.7 Å². The first-order chi connectivity index (χ1) is 8.48. The van der Waals surface area contributed by atoms with Crippen LogP contribution in [0.3, 0.4) is 0 Å². The van der Waals surface area contributed by atoms with Crippen LogP contribution in [0.25, 0.3) is 0 Å². The van der Waals surface area contributed by atoms with Crippen LogP contribution in [0.2, 0.25) is 0 Å². The molecule has 1 aliphatic rings. The van der Waals surface area contributed by atoms with Crippen molar-refractivity contribution >= 4 is 32.6 Å². The summed E-state index contributed by atoms with van der Waals surface area (Å²) in [6.07, 6.45) is 1.65. The van der Waals surface area contributed by atoms with Crippen molar-refractivity contribution in [3.63, 3.8) is 0 Å². The Hall–Kier alpha value is -0.560. The van der Waals surface area contributed by atoms with Crippen LogP contribution < -0.4 is 0 Å². The standard InChI is InChI=1S/C12H16BrNO3S/c1-9-4-5-11-10(8-9)12(15)14(18(11,16)17)7-3-2-6-13/h4-5,8,16-17H,2-3,6-7H2,1H3. The lowest BCUT2D eigenvalue weighted by atomic mass is 10.1. The third-order valence-corrected chi connectivity index (χ3v) is 5.41. The minimum absolute atomic E-state index is 0.275. The second-order valence-electron chi connectivity index (χ2n) is 4.32. The molecule has 18 heavy (non-hydrogen) atoms. The number of hydrogen-bond donors (Lipinski definition) is 2. The predicted molar refractivity (Wildman–Crippen MR) is 76.4 cm³/mol. The van der Waals surface area contributed by atoms with Crippen LogP contribution in [-0.4, -0.2) is 31.2 Å². The Morgan fingerprint density at radius 3 is 2.72 bits per heavy atom. The van der Waals surface area contributed by atoms with E-state index in [1.165, 1.54) is 4.31 Å². The maximum Gasteiger partial charge on any atom is 0.274 e. The number of aryl methyl sites for hydroxylation is 1. The molecule has 0 radical (unpaired) electrons. The second kappa shape index (κ2) is 5.21. The monoisotopic (exact) mass is 333 g/mol. The first-order valence-electron chi connectivity index (χ1n) is 5.75. The highest BCUT2D eigenvalue weighted by molar-refractivity contribution is 9.09. The van der Waals surface area contributed by atoms with Crippen LogP contribution in [0, 0.1) is 6.92 Å². The largest absolute Gasteiger partial charge is 0.277 e. The lowest BCUT2D eigenvalue weighted by Crippen LogP contribution is -2.28. The third-order valence-electron chi connectivity index (χ3n) is 2.94. The maximum absolute atomic E-state index is 12.2. The molecule has 0 aromatic heterocycles. The fraction of sp³-hybridized carbons (Fsp3) is 0.417. The fourth-order valence-electron chi connectivity index (χ4n) is 2.00. The Morgan fingerprint density at radius 1 is 1.33 bits per heavy atom. The van der Waals surface area contributed by atoms with Crippen molar-refractivity contribution in [2.24, 2.45) is 0 Å². The van der Waals surface area contributed by atoms with E-state index in [0.29, 0.717) is 17.0 Å². The highest BCUT2D eigenvalue weighted by Gasteiger charge is 2.40. The van der Waals surface area contributed by atoms with E-state index in [9.17, 15) is 13.9 Å². The Balaban J connectivity index is 2.29. The zero-order valence-corrected chi connectivity index (χ0v) is 12.5. The molecule has 100 valence electrons. The highest BCUT2D eigenvalue weighted by Crippen LogP contribution is 2.58. The summed E-state index contributed by atoms with van der Waals surface area (Å²) in [5.74, 6) is -0.275. The number of nitrogens with zero attached hydrogens (tertiary/aromatic N) is 1. The number of halogens is 1. The SMILES string of the molecule is Cc1ccc2c(c1)C(=O)N(CCCCBr)S2(O)O. The molecule has 6 heteroatoms. The first kappa shape index (κ1) is 13.9. The van der Waals surface area contributed by atoms with E-state index in [1.54, 1.807) is 18.2 Å². The number of carbonyl (C=O) groups excluding carboxylic acids is 1. The van der Waals surface area contributed by atoms with Crippen LogP contribution in [0.15, 0.2) is 23.1 Å². The molecule has 0 saturated heterocycles. The molecule has 0 spiro atoms. The van der Waals surface area contributed by atoms with E-state index in [-0.39, 0.29) is 5.91 Å². The van der Waals surface area contributed by atoms with E-state index in [2.05, 4.69) is 15.9 Å². The minimum Gasteiger partial charge on any atom is -0.277 e. The fourth-order valence-corrected chi connectivity index (χ4v) is 4.04. The topological polar surface area (TPSA) is 60.8 Å². The van der Waals surface area contributed by atoms with Crippen LogP contribution in [0.4, 0.5) is 0 Å². The number of benzene rings is 1. The molecule has 0 atom stereocenters. The van der Waals surface area contributed by atoms with Crippen LogP contribution in [0.5, 0.6) is 0 Å². The molecule has 2 N–H and O–H groups in total. The van der Waals surface area contributed by atoms with E-state index >= 15 is 0 Å². The smallest absolute Gasteiger partial charge is 0.274 e. The maximum atomic E-state index is 12.2. The van der Waals surface area contributed by atoms with Crippen molar-refractivity contribution in [2.45, 2.75) is 24.7 Å². The van der Waals surface area contributed by atoms with Crippen molar-refractivity contribution in [3.05, 3.63) is 29.3 Å². The normalized spacial score (nSPS) is 18.9. The number of rotatable bonds is 4. The summed E-state index contributed by atoms with van der Waals surface area (Å²) in [7, 11) is -3.12. The van der Waals surface area contributed by atoms with Crippen LogP contribution in [0.1, 0.15) is 28.8 Å². The molecule has 1 heterocycles. The molecule has 0 unspecified atom stereocenters. The molecule has 1 aromatic rings. The Morgan fingerprint density at radius 2 is 2.06 bits per heavy atom. The number of carbonyl (C=O) groups is 1. The first-order valence-corrected chi connectivity index (χ1v) is 8.38. The lowest BCUT2D eigenvalue weighted by molar-refractivity contribution is 0.0861. The molecule has 0 aliphatic carbocycles. The Bertz CT molecular complexity index is 478. The summed E-state index contributed by atoms with van der Waals surface area (Å²) >= 11 is 3.32. The molecule has 0 fully saturated rings. The van der Waals surface area contributed by atoms with Crippen molar-refractivity contribution in [3.8, 4) is 0 Å². The van der Waals surface area contributed by atoms with Gasteiger partial charge in [-0.05, 0) is 31.9 Å². The number of hydrogen-bond acceptors (Lipinski definition) is 3. The summed E-state index contributed by atoms with van der Waals surface area (Å²) < 4.78 is 21.6. The van der Waals surface area contributed by atoms with Crippen molar-refractivity contribution in [1.82, 2.24) is 4.31 Å². The van der Waals surface area contributed by atoms with Gasteiger partial charge in [0.15, 0.2) is 0 Å². The predicted octanol–water partition coefficient (Wildman–Crippen LogP) is 3.65. The Labute approximate surface area is 117 Å². The number of unbranched alkanes of at least 4 members (excludes halogenated alkanes) is 1. The van der Waals surface area contributed by atoms with E-state index < -0.39 is 10.8 Å². The van der Waals surface area contributed by atoms with Gasteiger partial charge in [-0.25, -0.2) is 4.31 Å². The van der Waals surface area contributed by atoms with Gasteiger partial charge in [-0.1, -0.05) is 38.3 Å². The molecular weight excluding hydrogens is 318 g/mol. The van der Waals surface area contributed by atoms with Gasteiger partial charge in [0.25, 0.3) is 5.91 Å². The molecule has 1 amide bonds. The van der Waals surface area contributed by atoms with Gasteiger partial charge in [0.2, 0.25) is 0 Å². The number of alkyl halides is 1. The van der Waals surface area contributed by atoms with Crippen molar-refractivity contribution < 1.29 is 13.9 Å². The average molecular weight is 334 g/mol. The molecule has 1 aliphatic heterocycles. The third kappa shape index (κ3) is 2.30. The van der Waals surface area contributed by atoms with Crippen LogP contribution >= 0.6 is 26.7 Å². The zero-order chi connectivity index (χ0) is 13.3. The molecule has 1 aromatic carbocycles. The zero-order valence-electron chi connectivity index (χ0n) is 10.1. The van der Waals surface area contributed by atoms with Crippen LogP contribution in [-0.2, 0) is 0 Å².